The predicted molar refractivity (Wildman–Crippen MR) is 107 cm³/mol. The van der Waals surface area contributed by atoms with Gasteiger partial charge in [-0.3, -0.25) is 4.79 Å². The molecule has 1 aromatic carbocycles. The van der Waals surface area contributed by atoms with Gasteiger partial charge >= 0.3 is 5.97 Å². The van der Waals surface area contributed by atoms with E-state index in [4.69, 9.17) is 9.15 Å². The molecule has 2 N–H and O–H groups in total. The molecule has 0 saturated heterocycles. The summed E-state index contributed by atoms with van der Waals surface area (Å²) in [5.41, 5.74) is 0.607. The average Bonchev–Trinajstić information content (AvgIpc) is 3.23. The first-order valence-electron chi connectivity index (χ1n) is 9.06. The molecule has 0 fully saturated rings. The van der Waals surface area contributed by atoms with Crippen molar-refractivity contribution in [2.75, 3.05) is 6.61 Å². The number of nitrogens with one attached hydrogen (secondary N) is 2. The van der Waals surface area contributed by atoms with Crippen LogP contribution in [0.15, 0.2) is 58.1 Å². The average molecular weight is 420 g/mol. The summed E-state index contributed by atoms with van der Waals surface area (Å²) in [6.07, 6.45) is 4.90. The third kappa shape index (κ3) is 7.55. The number of carbonyl (C=O) groups is 2. The SMILES string of the molecule is CC[C@H](C)NC(=O)COC(=O)/C=C/c1ccc(S(=O)(=O)NCc2ccco2)cc1. The molecule has 0 aliphatic carbocycles. The van der Waals surface area contributed by atoms with E-state index in [0.29, 0.717) is 11.3 Å². The van der Waals surface area contributed by atoms with E-state index in [-0.39, 0.29) is 30.0 Å². The Morgan fingerprint density at radius 1 is 1.21 bits per heavy atom. The highest BCUT2D eigenvalue weighted by Crippen LogP contribution is 2.12. The summed E-state index contributed by atoms with van der Waals surface area (Å²) in [6.45, 7) is 3.49. The topological polar surface area (TPSA) is 115 Å². The fourth-order valence-corrected chi connectivity index (χ4v) is 3.18. The largest absolute Gasteiger partial charge is 0.468 e. The van der Waals surface area contributed by atoms with Gasteiger partial charge in [-0.05, 0) is 49.2 Å². The summed E-state index contributed by atoms with van der Waals surface area (Å²) in [6, 6.07) is 9.32. The minimum Gasteiger partial charge on any atom is -0.468 e. The molecule has 1 amide bonds. The Labute approximate surface area is 170 Å². The second-order valence-electron chi connectivity index (χ2n) is 6.29. The van der Waals surface area contributed by atoms with Gasteiger partial charge in [-0.1, -0.05) is 19.1 Å². The quantitative estimate of drug-likeness (QED) is 0.450. The van der Waals surface area contributed by atoms with Gasteiger partial charge in [0.1, 0.15) is 5.76 Å². The van der Waals surface area contributed by atoms with Crippen LogP contribution in [0.25, 0.3) is 6.08 Å². The summed E-state index contributed by atoms with van der Waals surface area (Å²) >= 11 is 0. The zero-order valence-corrected chi connectivity index (χ0v) is 17.1. The maximum Gasteiger partial charge on any atom is 0.331 e. The Morgan fingerprint density at radius 2 is 1.93 bits per heavy atom. The Balaban J connectivity index is 1.86. The maximum absolute atomic E-state index is 12.3. The van der Waals surface area contributed by atoms with Crippen LogP contribution in [0.4, 0.5) is 0 Å². The molecule has 29 heavy (non-hydrogen) atoms. The van der Waals surface area contributed by atoms with Gasteiger partial charge in [0.15, 0.2) is 6.61 Å². The fraction of sp³-hybridized carbons (Fsp3) is 0.300. The van der Waals surface area contributed by atoms with E-state index in [1.54, 1.807) is 24.3 Å². The first kappa shape index (κ1) is 22.4. The van der Waals surface area contributed by atoms with Gasteiger partial charge in [0, 0.05) is 12.1 Å². The van der Waals surface area contributed by atoms with Gasteiger partial charge < -0.3 is 14.5 Å². The van der Waals surface area contributed by atoms with E-state index >= 15 is 0 Å². The van der Waals surface area contributed by atoms with Crippen molar-refractivity contribution in [1.29, 1.82) is 0 Å². The molecule has 0 spiro atoms. The van der Waals surface area contributed by atoms with Crippen LogP contribution in [0.3, 0.4) is 0 Å². The standard InChI is InChI=1S/C20H24N2O6S/c1-3-15(2)22-19(23)14-28-20(24)11-8-16-6-9-18(10-7-16)29(25,26)21-13-17-5-4-12-27-17/h4-12,15,21H,3,13-14H2,1-2H3,(H,22,23)/b11-8+/t15-/m0/s1. The monoisotopic (exact) mass is 420 g/mol. The highest BCUT2D eigenvalue weighted by Gasteiger charge is 2.14. The highest BCUT2D eigenvalue weighted by molar-refractivity contribution is 7.89. The normalized spacial score (nSPS) is 12.6. The Bertz CT molecular complexity index is 934. The number of furan rings is 1. The molecule has 2 rings (SSSR count). The lowest BCUT2D eigenvalue weighted by molar-refractivity contribution is -0.144. The van der Waals surface area contributed by atoms with Crippen LogP contribution in [0.5, 0.6) is 0 Å². The Morgan fingerprint density at radius 3 is 2.55 bits per heavy atom. The molecule has 0 unspecified atom stereocenters. The Hall–Kier alpha value is -2.91. The second-order valence-corrected chi connectivity index (χ2v) is 8.06. The third-order valence-electron chi connectivity index (χ3n) is 3.98. The van der Waals surface area contributed by atoms with Gasteiger partial charge in [0.05, 0.1) is 17.7 Å². The molecule has 1 atom stereocenters. The zero-order chi connectivity index (χ0) is 21.3. The minimum absolute atomic E-state index is 0.0140. The van der Waals surface area contributed by atoms with Crippen molar-refractivity contribution in [1.82, 2.24) is 10.0 Å². The van der Waals surface area contributed by atoms with Gasteiger partial charge in [-0.2, -0.15) is 0 Å². The van der Waals surface area contributed by atoms with Crippen LogP contribution < -0.4 is 10.0 Å². The third-order valence-corrected chi connectivity index (χ3v) is 5.40. The van der Waals surface area contributed by atoms with Gasteiger partial charge in [-0.25, -0.2) is 17.9 Å². The Kier molecular flexibility index (Phi) is 8.17. The summed E-state index contributed by atoms with van der Waals surface area (Å²) in [4.78, 5) is 23.4. The lowest BCUT2D eigenvalue weighted by Gasteiger charge is -2.10. The van der Waals surface area contributed by atoms with Crippen molar-refractivity contribution >= 4 is 28.0 Å². The molecule has 0 radical (unpaired) electrons. The number of carbonyl (C=O) groups excluding carboxylic acids is 2. The van der Waals surface area contributed by atoms with E-state index in [9.17, 15) is 18.0 Å². The number of benzene rings is 1. The van der Waals surface area contributed by atoms with Crippen LogP contribution in [-0.2, 0) is 30.9 Å². The number of rotatable bonds is 10. The van der Waals surface area contributed by atoms with Crippen LogP contribution in [0.1, 0.15) is 31.6 Å². The van der Waals surface area contributed by atoms with Gasteiger partial charge in [0.2, 0.25) is 10.0 Å². The number of sulfonamides is 1. The van der Waals surface area contributed by atoms with E-state index in [2.05, 4.69) is 10.0 Å². The smallest absolute Gasteiger partial charge is 0.331 e. The van der Waals surface area contributed by atoms with Crippen molar-refractivity contribution in [3.05, 3.63) is 60.1 Å². The molecular weight excluding hydrogens is 396 g/mol. The molecule has 9 heteroatoms. The number of ether oxygens (including phenoxy) is 1. The van der Waals surface area contributed by atoms with Crippen LogP contribution in [-0.4, -0.2) is 32.9 Å². The maximum atomic E-state index is 12.3. The molecule has 1 heterocycles. The van der Waals surface area contributed by atoms with Crippen molar-refractivity contribution in [3.8, 4) is 0 Å². The summed E-state index contributed by atoms with van der Waals surface area (Å²) in [5, 5.41) is 2.69. The second kappa shape index (κ2) is 10.6. The molecule has 156 valence electrons. The molecule has 1 aromatic heterocycles. The summed E-state index contributed by atoms with van der Waals surface area (Å²) < 4.78 is 36.9. The van der Waals surface area contributed by atoms with E-state index in [0.717, 1.165) is 6.42 Å². The lowest BCUT2D eigenvalue weighted by Crippen LogP contribution is -2.35. The molecular formula is C20H24N2O6S. The number of hydrogen-bond acceptors (Lipinski definition) is 6. The van der Waals surface area contributed by atoms with Crippen molar-refractivity contribution in [2.24, 2.45) is 0 Å². The van der Waals surface area contributed by atoms with Crippen molar-refractivity contribution in [3.63, 3.8) is 0 Å². The molecule has 8 nitrogen and oxygen atoms in total. The number of amides is 1. The first-order chi connectivity index (χ1) is 13.8. The van der Waals surface area contributed by atoms with Crippen LogP contribution in [0.2, 0.25) is 0 Å². The van der Waals surface area contributed by atoms with Crippen LogP contribution in [0, 0.1) is 0 Å². The fourth-order valence-electron chi connectivity index (χ4n) is 2.19. The molecule has 2 aromatic rings. The van der Waals surface area contributed by atoms with Gasteiger partial charge in [-0.15, -0.1) is 0 Å². The minimum atomic E-state index is -3.69. The molecule has 0 aliphatic rings. The van der Waals surface area contributed by atoms with Crippen LogP contribution >= 0.6 is 0 Å². The zero-order valence-electron chi connectivity index (χ0n) is 16.3. The van der Waals surface area contributed by atoms with E-state index in [1.165, 1.54) is 30.5 Å². The summed E-state index contributed by atoms with van der Waals surface area (Å²) in [7, 11) is -3.69. The number of esters is 1. The first-order valence-corrected chi connectivity index (χ1v) is 10.5. The van der Waals surface area contributed by atoms with Crippen molar-refractivity contribution < 1.29 is 27.2 Å². The summed E-state index contributed by atoms with van der Waals surface area (Å²) in [5.74, 6) is -0.525. The molecule has 0 bridgehead atoms. The van der Waals surface area contributed by atoms with Gasteiger partial charge in [0.25, 0.3) is 5.91 Å². The predicted octanol–water partition coefficient (Wildman–Crippen LogP) is 2.23. The van der Waals surface area contributed by atoms with E-state index < -0.39 is 16.0 Å². The van der Waals surface area contributed by atoms with E-state index in [1.807, 2.05) is 13.8 Å². The molecule has 0 aliphatic heterocycles. The lowest BCUT2D eigenvalue weighted by atomic mass is 10.2. The molecule has 0 saturated carbocycles. The van der Waals surface area contributed by atoms with Crippen molar-refractivity contribution in [2.45, 2.75) is 37.8 Å². The highest BCUT2D eigenvalue weighted by atomic mass is 32.2. The number of hydrogen-bond donors (Lipinski definition) is 2.